The van der Waals surface area contributed by atoms with E-state index in [-0.39, 0.29) is 6.04 Å². The summed E-state index contributed by atoms with van der Waals surface area (Å²) >= 11 is 0. The number of aromatic nitrogens is 3. The standard InChI is InChI=1S/C20H32N6O2/c1-6-19-25-23-14-26(19)11-9-21-20(22-10-12-27-4)24-16(3)17-13-15(2)7-8-18(17)28-5/h7-8,13-14,16H,6,9-12H2,1-5H3,(H2,21,22,24). The van der Waals surface area contributed by atoms with Gasteiger partial charge in [-0.15, -0.1) is 10.2 Å². The van der Waals surface area contributed by atoms with E-state index in [9.17, 15) is 0 Å². The molecule has 0 fully saturated rings. The van der Waals surface area contributed by atoms with Gasteiger partial charge < -0.3 is 24.7 Å². The van der Waals surface area contributed by atoms with Crippen molar-refractivity contribution in [2.24, 2.45) is 4.99 Å². The molecular weight excluding hydrogens is 356 g/mol. The number of aliphatic imine (C=N–C) groups is 1. The van der Waals surface area contributed by atoms with Crippen molar-refractivity contribution in [1.82, 2.24) is 25.4 Å². The first-order valence-electron chi connectivity index (χ1n) is 9.64. The third-order valence-corrected chi connectivity index (χ3v) is 4.43. The lowest BCUT2D eigenvalue weighted by Gasteiger charge is -2.21. The SMILES string of the molecule is CCc1nncn1CCNC(=NCCOC)NC(C)c1cc(C)ccc1OC. The van der Waals surface area contributed by atoms with Gasteiger partial charge in [0.15, 0.2) is 5.96 Å². The van der Waals surface area contributed by atoms with Gasteiger partial charge >= 0.3 is 0 Å². The first-order chi connectivity index (χ1) is 13.6. The molecule has 0 aliphatic rings. The monoisotopic (exact) mass is 388 g/mol. The van der Waals surface area contributed by atoms with Crippen LogP contribution in [0.1, 0.15) is 36.8 Å². The highest BCUT2D eigenvalue weighted by molar-refractivity contribution is 5.80. The third-order valence-electron chi connectivity index (χ3n) is 4.43. The summed E-state index contributed by atoms with van der Waals surface area (Å²) in [4.78, 5) is 4.61. The molecule has 2 rings (SSSR count). The van der Waals surface area contributed by atoms with Crippen LogP contribution in [0.4, 0.5) is 0 Å². The van der Waals surface area contributed by atoms with Gasteiger partial charge in [0.2, 0.25) is 0 Å². The molecule has 1 aromatic heterocycles. The predicted molar refractivity (Wildman–Crippen MR) is 111 cm³/mol. The minimum atomic E-state index is 0.0322. The second-order valence-corrected chi connectivity index (χ2v) is 6.56. The molecule has 0 bridgehead atoms. The van der Waals surface area contributed by atoms with Crippen molar-refractivity contribution < 1.29 is 9.47 Å². The maximum Gasteiger partial charge on any atom is 0.191 e. The zero-order valence-electron chi connectivity index (χ0n) is 17.5. The van der Waals surface area contributed by atoms with Gasteiger partial charge in [0.1, 0.15) is 17.9 Å². The van der Waals surface area contributed by atoms with Gasteiger partial charge in [-0.2, -0.15) is 0 Å². The highest BCUT2D eigenvalue weighted by Crippen LogP contribution is 2.25. The van der Waals surface area contributed by atoms with Gasteiger partial charge in [-0.05, 0) is 19.9 Å². The van der Waals surface area contributed by atoms with Crippen LogP contribution in [0.15, 0.2) is 29.5 Å². The molecule has 0 radical (unpaired) electrons. The van der Waals surface area contributed by atoms with Gasteiger partial charge in [-0.25, -0.2) is 0 Å². The fraction of sp³-hybridized carbons (Fsp3) is 0.550. The Kier molecular flexibility index (Phi) is 8.74. The molecule has 0 amide bonds. The number of nitrogens with zero attached hydrogens (tertiary/aromatic N) is 4. The van der Waals surface area contributed by atoms with Crippen LogP contribution in [-0.4, -0.2) is 54.6 Å². The summed E-state index contributed by atoms with van der Waals surface area (Å²) in [6.45, 7) is 8.87. The van der Waals surface area contributed by atoms with E-state index in [0.29, 0.717) is 19.7 Å². The van der Waals surface area contributed by atoms with Crippen LogP contribution in [0.3, 0.4) is 0 Å². The third kappa shape index (κ3) is 6.23. The lowest BCUT2D eigenvalue weighted by molar-refractivity contribution is 0.208. The van der Waals surface area contributed by atoms with Gasteiger partial charge in [0.05, 0.1) is 26.3 Å². The maximum atomic E-state index is 5.52. The number of nitrogens with one attached hydrogen (secondary N) is 2. The van der Waals surface area contributed by atoms with E-state index in [0.717, 1.165) is 36.1 Å². The Morgan fingerprint density at radius 2 is 2.14 bits per heavy atom. The Morgan fingerprint density at radius 1 is 1.32 bits per heavy atom. The molecule has 8 nitrogen and oxygen atoms in total. The van der Waals surface area contributed by atoms with Crippen molar-refractivity contribution in [3.63, 3.8) is 0 Å². The van der Waals surface area contributed by atoms with Gasteiger partial charge in [-0.1, -0.05) is 24.6 Å². The summed E-state index contributed by atoms with van der Waals surface area (Å²) in [5.41, 5.74) is 2.28. The van der Waals surface area contributed by atoms with Crippen LogP contribution >= 0.6 is 0 Å². The summed E-state index contributed by atoms with van der Waals surface area (Å²) in [5, 5.41) is 14.9. The number of hydrogen-bond donors (Lipinski definition) is 2. The van der Waals surface area contributed by atoms with Crippen molar-refractivity contribution in [3.05, 3.63) is 41.5 Å². The van der Waals surface area contributed by atoms with E-state index in [1.807, 2.05) is 16.7 Å². The number of rotatable bonds is 10. The van der Waals surface area contributed by atoms with E-state index in [2.05, 4.69) is 52.7 Å². The predicted octanol–water partition coefficient (Wildman–Crippen LogP) is 2.10. The molecule has 0 aliphatic carbocycles. The highest BCUT2D eigenvalue weighted by Gasteiger charge is 2.13. The van der Waals surface area contributed by atoms with E-state index < -0.39 is 0 Å². The van der Waals surface area contributed by atoms with E-state index in [1.54, 1.807) is 20.5 Å². The van der Waals surface area contributed by atoms with Crippen molar-refractivity contribution >= 4 is 5.96 Å². The molecule has 2 aromatic rings. The molecule has 2 N–H and O–H groups in total. The van der Waals surface area contributed by atoms with Gasteiger partial charge in [0, 0.05) is 32.2 Å². The van der Waals surface area contributed by atoms with Crippen LogP contribution in [-0.2, 0) is 17.7 Å². The number of aryl methyl sites for hydroxylation is 2. The molecule has 0 aliphatic heterocycles. The zero-order valence-corrected chi connectivity index (χ0v) is 17.5. The molecule has 1 heterocycles. The molecule has 0 spiro atoms. The largest absolute Gasteiger partial charge is 0.496 e. The lowest BCUT2D eigenvalue weighted by atomic mass is 10.0. The number of ether oxygens (including phenoxy) is 2. The summed E-state index contributed by atoms with van der Waals surface area (Å²) < 4.78 is 12.7. The minimum Gasteiger partial charge on any atom is -0.496 e. The molecule has 1 unspecified atom stereocenters. The van der Waals surface area contributed by atoms with E-state index in [1.165, 1.54) is 5.56 Å². The van der Waals surface area contributed by atoms with Crippen LogP contribution < -0.4 is 15.4 Å². The number of guanidine groups is 1. The Labute approximate surface area is 167 Å². The summed E-state index contributed by atoms with van der Waals surface area (Å²) in [6, 6.07) is 6.21. The minimum absolute atomic E-state index is 0.0322. The molecule has 154 valence electrons. The molecule has 1 atom stereocenters. The Morgan fingerprint density at radius 3 is 2.86 bits per heavy atom. The van der Waals surface area contributed by atoms with Gasteiger partial charge in [0.25, 0.3) is 0 Å². The molecule has 0 saturated heterocycles. The van der Waals surface area contributed by atoms with Crippen molar-refractivity contribution in [1.29, 1.82) is 0 Å². The second kappa shape index (κ2) is 11.3. The quantitative estimate of drug-likeness (QED) is 0.368. The average Bonchev–Trinajstić information content (AvgIpc) is 3.15. The lowest BCUT2D eigenvalue weighted by Crippen LogP contribution is -2.40. The summed E-state index contributed by atoms with van der Waals surface area (Å²) in [5.74, 6) is 2.57. The maximum absolute atomic E-state index is 5.52. The van der Waals surface area contributed by atoms with Crippen LogP contribution in [0.2, 0.25) is 0 Å². The fourth-order valence-corrected chi connectivity index (χ4v) is 2.91. The Balaban J connectivity index is 2.04. The smallest absolute Gasteiger partial charge is 0.191 e. The first-order valence-corrected chi connectivity index (χ1v) is 9.64. The number of methoxy groups -OCH3 is 2. The van der Waals surface area contributed by atoms with Crippen molar-refractivity contribution in [3.8, 4) is 5.75 Å². The molecule has 1 aromatic carbocycles. The zero-order chi connectivity index (χ0) is 20.4. The van der Waals surface area contributed by atoms with Crippen molar-refractivity contribution in [2.45, 2.75) is 39.8 Å². The number of hydrogen-bond acceptors (Lipinski definition) is 5. The Hall–Kier alpha value is -2.61. The average molecular weight is 389 g/mol. The normalized spacial score (nSPS) is 12.7. The Bertz CT molecular complexity index is 759. The van der Waals surface area contributed by atoms with Gasteiger partial charge in [-0.3, -0.25) is 4.99 Å². The second-order valence-electron chi connectivity index (χ2n) is 6.56. The van der Waals surface area contributed by atoms with Crippen LogP contribution in [0.5, 0.6) is 5.75 Å². The number of benzene rings is 1. The molecule has 8 heteroatoms. The van der Waals surface area contributed by atoms with E-state index in [4.69, 9.17) is 9.47 Å². The first kappa shape index (κ1) is 21.7. The topological polar surface area (TPSA) is 85.6 Å². The van der Waals surface area contributed by atoms with Crippen LogP contribution in [0.25, 0.3) is 0 Å². The van der Waals surface area contributed by atoms with Crippen LogP contribution in [0, 0.1) is 6.92 Å². The highest BCUT2D eigenvalue weighted by atomic mass is 16.5. The molecular formula is C20H32N6O2. The summed E-state index contributed by atoms with van der Waals surface area (Å²) in [7, 11) is 3.37. The fourth-order valence-electron chi connectivity index (χ4n) is 2.91. The molecule has 0 saturated carbocycles. The molecule has 28 heavy (non-hydrogen) atoms. The summed E-state index contributed by atoms with van der Waals surface area (Å²) in [6.07, 6.45) is 2.62. The van der Waals surface area contributed by atoms with E-state index >= 15 is 0 Å². The van der Waals surface area contributed by atoms with Crippen molar-refractivity contribution in [2.75, 3.05) is 33.9 Å².